The van der Waals surface area contributed by atoms with Crippen molar-refractivity contribution < 1.29 is 0 Å². The Kier molecular flexibility index (Phi) is 3.53. The maximum Gasteiger partial charge on any atom is 0.0992 e. The van der Waals surface area contributed by atoms with E-state index in [0.717, 1.165) is 31.1 Å². The number of anilines is 3. The number of rotatable bonds is 2. The summed E-state index contributed by atoms with van der Waals surface area (Å²) in [5.41, 5.74) is 9.96. The lowest BCUT2D eigenvalue weighted by molar-refractivity contribution is 1.35. The smallest absolute Gasteiger partial charge is 0.0992 e. The number of thiazole rings is 1. The Morgan fingerprint density at radius 3 is 2.81 bits per heavy atom. The summed E-state index contributed by atoms with van der Waals surface area (Å²) in [7, 11) is 0. The van der Waals surface area contributed by atoms with E-state index in [9.17, 15) is 0 Å². The maximum absolute atomic E-state index is 8.89. The molecular weight excluding hydrogens is 348 g/mol. The monoisotopic (exact) mass is 358 g/mol. The summed E-state index contributed by atoms with van der Waals surface area (Å²) in [5.74, 6) is 0. The van der Waals surface area contributed by atoms with Crippen molar-refractivity contribution in [3.05, 3.63) is 45.4 Å². The summed E-state index contributed by atoms with van der Waals surface area (Å²) >= 11 is 5.08. The van der Waals surface area contributed by atoms with Crippen molar-refractivity contribution in [3.63, 3.8) is 0 Å². The number of nitrogens with one attached hydrogen (secondary N) is 1. The van der Waals surface area contributed by atoms with Gasteiger partial charge in [-0.25, -0.2) is 4.98 Å². The van der Waals surface area contributed by atoms with Crippen LogP contribution in [0.1, 0.15) is 10.6 Å². The summed E-state index contributed by atoms with van der Waals surface area (Å²) in [5, 5.41) is 13.2. The molecule has 0 spiro atoms. The number of aromatic nitrogens is 1. The lowest BCUT2D eigenvalue weighted by Gasteiger charge is -2.11. The van der Waals surface area contributed by atoms with Crippen LogP contribution in [0.5, 0.6) is 0 Å². The number of hydrogen-bond acceptors (Lipinski definition) is 5. The van der Waals surface area contributed by atoms with Gasteiger partial charge in [-0.3, -0.25) is 0 Å². The average molecular weight is 359 g/mol. The first-order valence-electron chi connectivity index (χ1n) is 6.20. The van der Waals surface area contributed by atoms with Crippen molar-refractivity contribution in [1.29, 1.82) is 5.26 Å². The fourth-order valence-electron chi connectivity index (χ4n) is 2.04. The van der Waals surface area contributed by atoms with Crippen LogP contribution in [0.4, 0.5) is 17.1 Å². The topological polar surface area (TPSA) is 74.7 Å². The Labute approximate surface area is 134 Å². The van der Waals surface area contributed by atoms with Crippen molar-refractivity contribution in [2.75, 3.05) is 11.1 Å². The Bertz CT molecular complexity index is 879. The van der Waals surface area contributed by atoms with E-state index in [1.165, 1.54) is 0 Å². The molecule has 0 aliphatic heterocycles. The number of aryl methyl sites for hydroxylation is 1. The van der Waals surface area contributed by atoms with Crippen molar-refractivity contribution in [2.24, 2.45) is 0 Å². The zero-order valence-electron chi connectivity index (χ0n) is 11.1. The summed E-state index contributed by atoms with van der Waals surface area (Å²) in [6.07, 6.45) is 0. The van der Waals surface area contributed by atoms with Crippen molar-refractivity contribution in [2.45, 2.75) is 6.92 Å². The molecule has 0 aliphatic carbocycles. The zero-order chi connectivity index (χ0) is 15.0. The molecule has 6 heteroatoms. The molecule has 4 nitrogen and oxygen atoms in total. The molecule has 0 bridgehead atoms. The van der Waals surface area contributed by atoms with E-state index in [1.807, 2.05) is 25.1 Å². The van der Waals surface area contributed by atoms with Crippen molar-refractivity contribution in [1.82, 2.24) is 4.98 Å². The van der Waals surface area contributed by atoms with Crippen molar-refractivity contribution in [3.8, 4) is 6.07 Å². The first kappa shape index (κ1) is 13.9. The Morgan fingerprint density at radius 2 is 2.10 bits per heavy atom. The largest absolute Gasteiger partial charge is 0.397 e. The molecule has 2 aromatic carbocycles. The van der Waals surface area contributed by atoms with Crippen molar-refractivity contribution >= 4 is 54.5 Å². The Balaban J connectivity index is 2.01. The fraction of sp³-hybridized carbons (Fsp3) is 0.0667. The molecule has 0 aliphatic rings. The predicted octanol–water partition coefficient (Wildman–Crippen LogP) is 4.56. The van der Waals surface area contributed by atoms with E-state index in [2.05, 4.69) is 32.3 Å². The lowest BCUT2D eigenvalue weighted by atomic mass is 10.2. The first-order chi connectivity index (χ1) is 10.1. The predicted molar refractivity (Wildman–Crippen MR) is 90.9 cm³/mol. The SMILES string of the molecule is Cc1nc2cc(Nc3ccc(C#N)cc3Br)c(N)cc2s1. The van der Waals surface area contributed by atoms with E-state index >= 15 is 0 Å². The zero-order valence-corrected chi connectivity index (χ0v) is 13.5. The molecule has 0 saturated carbocycles. The molecule has 3 aromatic rings. The fourth-order valence-corrected chi connectivity index (χ4v) is 3.38. The van der Waals surface area contributed by atoms with Crippen LogP contribution in [-0.4, -0.2) is 4.98 Å². The maximum atomic E-state index is 8.89. The van der Waals surface area contributed by atoms with Crippen LogP contribution in [0.3, 0.4) is 0 Å². The van der Waals surface area contributed by atoms with E-state index < -0.39 is 0 Å². The summed E-state index contributed by atoms with van der Waals surface area (Å²) in [6.45, 7) is 1.98. The van der Waals surface area contributed by atoms with Gasteiger partial charge < -0.3 is 11.1 Å². The number of fused-ring (bicyclic) bond motifs is 1. The molecule has 1 aromatic heterocycles. The number of benzene rings is 2. The van der Waals surface area contributed by atoms with Gasteiger partial charge in [-0.15, -0.1) is 11.3 Å². The molecule has 104 valence electrons. The highest BCUT2D eigenvalue weighted by Gasteiger charge is 2.08. The molecule has 3 rings (SSSR count). The van der Waals surface area contributed by atoms with E-state index in [0.29, 0.717) is 11.3 Å². The third-order valence-electron chi connectivity index (χ3n) is 3.03. The Hall–Kier alpha value is -2.10. The van der Waals surface area contributed by atoms with Crippen LogP contribution < -0.4 is 11.1 Å². The highest BCUT2D eigenvalue weighted by Crippen LogP contribution is 2.33. The van der Waals surface area contributed by atoms with Gasteiger partial charge in [0.15, 0.2) is 0 Å². The van der Waals surface area contributed by atoms with Gasteiger partial charge in [0.2, 0.25) is 0 Å². The van der Waals surface area contributed by atoms with Crippen LogP contribution in [0.15, 0.2) is 34.8 Å². The normalized spacial score (nSPS) is 10.5. The number of nitrogens with two attached hydrogens (primary N) is 1. The Morgan fingerprint density at radius 1 is 1.29 bits per heavy atom. The number of halogens is 1. The van der Waals surface area contributed by atoms with Gasteiger partial charge in [-0.2, -0.15) is 5.26 Å². The quantitative estimate of drug-likeness (QED) is 0.658. The van der Waals surface area contributed by atoms with E-state index in [4.69, 9.17) is 11.0 Å². The first-order valence-corrected chi connectivity index (χ1v) is 7.81. The van der Waals surface area contributed by atoms with Crippen LogP contribution in [-0.2, 0) is 0 Å². The van der Waals surface area contributed by atoms with Gasteiger partial charge in [-0.1, -0.05) is 0 Å². The van der Waals surface area contributed by atoms with Gasteiger partial charge >= 0.3 is 0 Å². The minimum atomic E-state index is 0.603. The van der Waals surface area contributed by atoms with Crippen LogP contribution >= 0.6 is 27.3 Å². The number of nitrogens with zero attached hydrogens (tertiary/aromatic N) is 2. The third-order valence-corrected chi connectivity index (χ3v) is 4.62. The second kappa shape index (κ2) is 5.35. The van der Waals surface area contributed by atoms with Gasteiger partial charge in [0.25, 0.3) is 0 Å². The molecule has 0 fully saturated rings. The van der Waals surface area contributed by atoms with Crippen LogP contribution in [0.2, 0.25) is 0 Å². The molecule has 0 radical (unpaired) electrons. The summed E-state index contributed by atoms with van der Waals surface area (Å²) in [4.78, 5) is 4.47. The molecule has 0 amide bonds. The van der Waals surface area contributed by atoms with Crippen LogP contribution in [0, 0.1) is 18.3 Å². The van der Waals surface area contributed by atoms with E-state index in [1.54, 1.807) is 23.5 Å². The third kappa shape index (κ3) is 2.71. The molecular formula is C15H11BrN4S. The second-order valence-electron chi connectivity index (χ2n) is 4.57. The number of nitriles is 1. The summed E-state index contributed by atoms with van der Waals surface area (Å²) in [6, 6.07) is 11.4. The second-order valence-corrected chi connectivity index (χ2v) is 6.66. The summed E-state index contributed by atoms with van der Waals surface area (Å²) < 4.78 is 1.89. The number of hydrogen-bond donors (Lipinski definition) is 2. The molecule has 0 atom stereocenters. The number of nitrogen functional groups attached to an aromatic ring is 1. The van der Waals surface area contributed by atoms with Gasteiger partial charge in [0.1, 0.15) is 0 Å². The standard InChI is InChI=1S/C15H11BrN4S/c1-8-19-14-6-13(11(18)5-15(14)21-8)20-12-3-2-9(7-17)4-10(12)16/h2-6,20H,18H2,1H3. The van der Waals surface area contributed by atoms with Gasteiger partial charge in [-0.05, 0) is 53.2 Å². The molecule has 1 heterocycles. The molecule has 0 unspecified atom stereocenters. The van der Waals surface area contributed by atoms with Gasteiger partial charge in [0.05, 0.1) is 43.9 Å². The highest BCUT2D eigenvalue weighted by molar-refractivity contribution is 9.10. The minimum Gasteiger partial charge on any atom is -0.397 e. The van der Waals surface area contributed by atoms with Crippen LogP contribution in [0.25, 0.3) is 10.2 Å². The minimum absolute atomic E-state index is 0.603. The highest BCUT2D eigenvalue weighted by atomic mass is 79.9. The van der Waals surface area contributed by atoms with Gasteiger partial charge in [0, 0.05) is 4.47 Å². The molecule has 3 N–H and O–H groups in total. The molecule has 0 saturated heterocycles. The van der Waals surface area contributed by atoms with E-state index in [-0.39, 0.29) is 0 Å². The lowest BCUT2D eigenvalue weighted by Crippen LogP contribution is -1.97. The molecule has 21 heavy (non-hydrogen) atoms. The average Bonchev–Trinajstić information content (AvgIpc) is 2.80.